The summed E-state index contributed by atoms with van der Waals surface area (Å²) < 4.78 is 0. The Kier molecular flexibility index (Phi) is 5.66. The van der Waals surface area contributed by atoms with Gasteiger partial charge in [-0.2, -0.15) is 0 Å². The Morgan fingerprint density at radius 3 is 2.38 bits per heavy atom. The number of amides is 1. The molecule has 0 radical (unpaired) electrons. The van der Waals surface area contributed by atoms with Crippen molar-refractivity contribution >= 4 is 5.91 Å². The first kappa shape index (κ1) is 12.4. The van der Waals surface area contributed by atoms with E-state index in [4.69, 9.17) is 5.11 Å². The van der Waals surface area contributed by atoms with E-state index in [0.29, 0.717) is 13.0 Å². The van der Waals surface area contributed by atoms with E-state index in [2.05, 4.69) is 0 Å². The minimum Gasteiger partial charge on any atom is -0.396 e. The molecular formula is C9H19NO3. The van der Waals surface area contributed by atoms with E-state index in [1.807, 2.05) is 6.92 Å². The number of carbonyl (C=O) groups is 1. The summed E-state index contributed by atoms with van der Waals surface area (Å²) in [5.41, 5.74) is 0. The first-order chi connectivity index (χ1) is 6.04. The third-order valence-corrected chi connectivity index (χ3v) is 2.22. The van der Waals surface area contributed by atoms with Gasteiger partial charge in [0, 0.05) is 20.1 Å². The molecule has 0 heterocycles. The average molecular weight is 189 g/mol. The van der Waals surface area contributed by atoms with E-state index in [-0.39, 0.29) is 18.6 Å². The Balaban J connectivity index is 4.18. The maximum absolute atomic E-state index is 11.1. The van der Waals surface area contributed by atoms with Crippen LogP contribution in [0.15, 0.2) is 0 Å². The molecule has 0 aliphatic rings. The van der Waals surface area contributed by atoms with E-state index in [1.165, 1.54) is 6.92 Å². The molecule has 0 saturated heterocycles. The van der Waals surface area contributed by atoms with Crippen molar-refractivity contribution < 1.29 is 15.0 Å². The van der Waals surface area contributed by atoms with Gasteiger partial charge in [-0.1, -0.05) is 0 Å². The van der Waals surface area contributed by atoms with Crippen LogP contribution in [0.2, 0.25) is 0 Å². The Morgan fingerprint density at radius 2 is 2.08 bits per heavy atom. The molecule has 0 rings (SSSR count). The lowest BCUT2D eigenvalue weighted by molar-refractivity contribution is -0.133. The van der Waals surface area contributed by atoms with Gasteiger partial charge in [0.15, 0.2) is 0 Å². The second kappa shape index (κ2) is 5.94. The quantitative estimate of drug-likeness (QED) is 0.639. The second-order valence-electron chi connectivity index (χ2n) is 3.13. The lowest BCUT2D eigenvalue weighted by atomic mass is 10.1. The van der Waals surface area contributed by atoms with Crippen LogP contribution >= 0.6 is 0 Å². The average Bonchev–Trinajstić information content (AvgIpc) is 2.05. The van der Waals surface area contributed by atoms with Crippen LogP contribution in [-0.2, 0) is 4.79 Å². The van der Waals surface area contributed by atoms with Crippen molar-refractivity contribution in [2.24, 2.45) is 0 Å². The summed E-state index contributed by atoms with van der Waals surface area (Å²) in [7, 11) is 0. The fraction of sp³-hybridized carbons (Fsp3) is 0.889. The SMILES string of the molecule is CCN(C(C)=O)C(C)C(O)CCO. The molecule has 0 aromatic carbocycles. The summed E-state index contributed by atoms with van der Waals surface area (Å²) in [6.45, 7) is 5.65. The van der Waals surface area contributed by atoms with Crippen molar-refractivity contribution in [1.29, 1.82) is 0 Å². The van der Waals surface area contributed by atoms with Crippen LogP contribution in [0.3, 0.4) is 0 Å². The number of nitrogens with zero attached hydrogens (tertiary/aromatic N) is 1. The van der Waals surface area contributed by atoms with Gasteiger partial charge in [-0.05, 0) is 20.3 Å². The van der Waals surface area contributed by atoms with Crippen molar-refractivity contribution in [2.75, 3.05) is 13.2 Å². The van der Waals surface area contributed by atoms with Gasteiger partial charge in [0.2, 0.25) is 5.91 Å². The third kappa shape index (κ3) is 3.74. The number of aliphatic hydroxyl groups excluding tert-OH is 2. The van der Waals surface area contributed by atoms with Crippen LogP contribution in [0.1, 0.15) is 27.2 Å². The van der Waals surface area contributed by atoms with E-state index in [1.54, 1.807) is 11.8 Å². The van der Waals surface area contributed by atoms with Crippen molar-refractivity contribution in [3.05, 3.63) is 0 Å². The molecule has 0 aromatic rings. The molecule has 0 aromatic heterocycles. The largest absolute Gasteiger partial charge is 0.396 e. The van der Waals surface area contributed by atoms with Crippen LogP contribution in [-0.4, -0.2) is 46.3 Å². The Bertz CT molecular complexity index is 161. The van der Waals surface area contributed by atoms with Gasteiger partial charge >= 0.3 is 0 Å². The predicted molar refractivity (Wildman–Crippen MR) is 50.2 cm³/mol. The maximum atomic E-state index is 11.1. The van der Waals surface area contributed by atoms with Crippen molar-refractivity contribution in [3.8, 4) is 0 Å². The first-order valence-corrected chi connectivity index (χ1v) is 4.60. The zero-order chi connectivity index (χ0) is 10.4. The molecule has 2 atom stereocenters. The van der Waals surface area contributed by atoms with Crippen LogP contribution in [0, 0.1) is 0 Å². The summed E-state index contributed by atoms with van der Waals surface area (Å²) in [6, 6.07) is -0.227. The fourth-order valence-electron chi connectivity index (χ4n) is 1.38. The molecule has 0 aliphatic heterocycles. The summed E-state index contributed by atoms with van der Waals surface area (Å²) in [5, 5.41) is 18.1. The molecule has 0 bridgehead atoms. The van der Waals surface area contributed by atoms with Gasteiger partial charge in [0.25, 0.3) is 0 Å². The van der Waals surface area contributed by atoms with Gasteiger partial charge in [-0.15, -0.1) is 0 Å². The number of rotatable bonds is 5. The van der Waals surface area contributed by atoms with Gasteiger partial charge < -0.3 is 15.1 Å². The van der Waals surface area contributed by atoms with E-state index in [9.17, 15) is 9.90 Å². The highest BCUT2D eigenvalue weighted by Crippen LogP contribution is 2.07. The molecule has 4 nitrogen and oxygen atoms in total. The Hall–Kier alpha value is -0.610. The van der Waals surface area contributed by atoms with E-state index in [0.717, 1.165) is 0 Å². The second-order valence-corrected chi connectivity index (χ2v) is 3.13. The van der Waals surface area contributed by atoms with Crippen LogP contribution in [0.5, 0.6) is 0 Å². The van der Waals surface area contributed by atoms with Gasteiger partial charge in [-0.25, -0.2) is 0 Å². The number of hydrogen-bond acceptors (Lipinski definition) is 3. The van der Waals surface area contributed by atoms with Crippen molar-refractivity contribution in [3.63, 3.8) is 0 Å². The zero-order valence-corrected chi connectivity index (χ0v) is 8.53. The van der Waals surface area contributed by atoms with Gasteiger partial charge in [0.05, 0.1) is 12.1 Å². The summed E-state index contributed by atoms with van der Waals surface area (Å²) in [5.74, 6) is -0.0491. The molecule has 0 fully saturated rings. The molecule has 0 aliphatic carbocycles. The number of likely N-dealkylation sites (N-methyl/N-ethyl adjacent to an activating group) is 1. The van der Waals surface area contributed by atoms with Crippen LogP contribution in [0.4, 0.5) is 0 Å². The third-order valence-electron chi connectivity index (χ3n) is 2.22. The molecule has 13 heavy (non-hydrogen) atoms. The molecule has 4 heteroatoms. The maximum Gasteiger partial charge on any atom is 0.219 e. The van der Waals surface area contributed by atoms with Crippen molar-refractivity contribution in [2.45, 2.75) is 39.3 Å². The number of carbonyl (C=O) groups excluding carboxylic acids is 1. The summed E-state index contributed by atoms with van der Waals surface area (Å²) in [4.78, 5) is 12.7. The first-order valence-electron chi connectivity index (χ1n) is 4.60. The molecule has 0 saturated carbocycles. The predicted octanol–water partition coefficient (Wildman–Crippen LogP) is -0.0134. The molecule has 2 unspecified atom stereocenters. The monoisotopic (exact) mass is 189 g/mol. The van der Waals surface area contributed by atoms with Crippen LogP contribution in [0.25, 0.3) is 0 Å². The highest BCUT2D eigenvalue weighted by Gasteiger charge is 2.21. The minimum absolute atomic E-state index is 0.0491. The minimum atomic E-state index is -0.645. The summed E-state index contributed by atoms with van der Waals surface area (Å²) >= 11 is 0. The molecule has 2 N–H and O–H groups in total. The smallest absolute Gasteiger partial charge is 0.219 e. The number of hydrogen-bond donors (Lipinski definition) is 2. The highest BCUT2D eigenvalue weighted by molar-refractivity contribution is 5.73. The lowest BCUT2D eigenvalue weighted by Crippen LogP contribution is -2.44. The fourth-order valence-corrected chi connectivity index (χ4v) is 1.38. The Morgan fingerprint density at radius 1 is 1.54 bits per heavy atom. The standard InChI is InChI=1S/C9H19NO3/c1-4-10(8(3)12)7(2)9(13)5-6-11/h7,9,11,13H,4-6H2,1-3H3. The van der Waals surface area contributed by atoms with Crippen LogP contribution < -0.4 is 0 Å². The molecular weight excluding hydrogens is 170 g/mol. The van der Waals surface area contributed by atoms with Gasteiger partial charge in [-0.3, -0.25) is 4.79 Å². The zero-order valence-electron chi connectivity index (χ0n) is 8.53. The molecule has 1 amide bonds. The number of aliphatic hydroxyl groups is 2. The summed E-state index contributed by atoms with van der Waals surface area (Å²) in [6.07, 6.45) is -0.334. The highest BCUT2D eigenvalue weighted by atomic mass is 16.3. The molecule has 78 valence electrons. The van der Waals surface area contributed by atoms with Gasteiger partial charge in [0.1, 0.15) is 0 Å². The lowest BCUT2D eigenvalue weighted by Gasteiger charge is -2.30. The molecule has 0 spiro atoms. The van der Waals surface area contributed by atoms with E-state index >= 15 is 0 Å². The topological polar surface area (TPSA) is 60.8 Å². The van der Waals surface area contributed by atoms with Crippen molar-refractivity contribution in [1.82, 2.24) is 4.90 Å². The normalized spacial score (nSPS) is 15.2. The van der Waals surface area contributed by atoms with E-state index < -0.39 is 6.10 Å². The Labute approximate surface area is 79.2 Å².